The van der Waals surface area contributed by atoms with E-state index < -0.39 is 0 Å². The van der Waals surface area contributed by atoms with Crippen LogP contribution in [0.3, 0.4) is 0 Å². The Kier molecular flexibility index (Phi) is 7.70. The molecule has 2 saturated heterocycles. The molecule has 0 aliphatic carbocycles. The van der Waals surface area contributed by atoms with Gasteiger partial charge in [0.25, 0.3) is 0 Å². The van der Waals surface area contributed by atoms with Gasteiger partial charge in [-0.15, -0.1) is 0 Å². The van der Waals surface area contributed by atoms with E-state index >= 15 is 0 Å². The third-order valence-corrected chi connectivity index (χ3v) is 7.24. The van der Waals surface area contributed by atoms with Gasteiger partial charge in [-0.1, -0.05) is 23.7 Å². The number of hydrogen-bond donors (Lipinski definition) is 1. The van der Waals surface area contributed by atoms with Gasteiger partial charge in [-0.3, -0.25) is 9.89 Å². The first-order valence-corrected chi connectivity index (χ1v) is 11.3. The highest BCUT2D eigenvalue weighted by molar-refractivity contribution is 8.00. The Morgan fingerprint density at radius 1 is 1.26 bits per heavy atom. The maximum atomic E-state index is 6.11. The first-order chi connectivity index (χ1) is 13.1. The van der Waals surface area contributed by atoms with Crippen molar-refractivity contribution >= 4 is 29.3 Å². The van der Waals surface area contributed by atoms with Gasteiger partial charge < -0.3 is 15.0 Å². The first-order valence-electron chi connectivity index (χ1n) is 9.69. The highest BCUT2D eigenvalue weighted by atomic mass is 35.5. The van der Waals surface area contributed by atoms with Gasteiger partial charge in [0.05, 0.1) is 0 Å². The number of rotatable bonds is 5. The van der Waals surface area contributed by atoms with Crippen LogP contribution >= 0.6 is 23.4 Å². The Labute approximate surface area is 172 Å². The van der Waals surface area contributed by atoms with Crippen LogP contribution < -0.4 is 5.32 Å². The van der Waals surface area contributed by atoms with Crippen molar-refractivity contribution in [3.05, 3.63) is 34.9 Å². The Morgan fingerprint density at radius 2 is 2.00 bits per heavy atom. The molecule has 0 spiro atoms. The summed E-state index contributed by atoms with van der Waals surface area (Å²) < 4.78 is 5.81. The predicted octanol–water partition coefficient (Wildman–Crippen LogP) is 2.95. The molecule has 0 aromatic heterocycles. The summed E-state index contributed by atoms with van der Waals surface area (Å²) in [7, 11) is 1.89. The molecule has 1 aromatic rings. The minimum atomic E-state index is 0.266. The molecular weight excluding hydrogens is 380 g/mol. The molecule has 0 amide bonds. The number of hydrogen-bond acceptors (Lipinski definition) is 4. The molecule has 1 aromatic carbocycles. The fourth-order valence-electron chi connectivity index (χ4n) is 3.78. The SMILES string of the molecule is CN=C(NCC1(SC)CCOCC1)N1CCN(Cc2cccc(Cl)c2)CC1. The number of nitrogens with one attached hydrogen (secondary N) is 1. The third kappa shape index (κ3) is 5.76. The fraction of sp³-hybridized carbons (Fsp3) is 0.650. The van der Waals surface area contributed by atoms with Crippen molar-refractivity contribution in [1.82, 2.24) is 15.1 Å². The van der Waals surface area contributed by atoms with Crippen molar-refractivity contribution in [3.8, 4) is 0 Å². The summed E-state index contributed by atoms with van der Waals surface area (Å²) >= 11 is 8.07. The summed E-state index contributed by atoms with van der Waals surface area (Å²) in [6.07, 6.45) is 4.42. The topological polar surface area (TPSA) is 40.1 Å². The van der Waals surface area contributed by atoms with E-state index in [1.54, 1.807) is 0 Å². The number of aliphatic imine (C=N–C) groups is 1. The standard InChI is InChI=1S/C20H31ClN4OS/c1-22-19(23-16-20(27-2)6-12-26-13-7-20)25-10-8-24(9-11-25)15-17-4-3-5-18(21)14-17/h3-5,14H,6-13,15-16H2,1-2H3,(H,22,23). The van der Waals surface area contributed by atoms with Crippen molar-refractivity contribution in [2.45, 2.75) is 24.1 Å². The lowest BCUT2D eigenvalue weighted by Crippen LogP contribution is -2.54. The summed E-state index contributed by atoms with van der Waals surface area (Å²) in [5, 5.41) is 4.45. The second-order valence-corrected chi connectivity index (χ2v) is 9.00. The van der Waals surface area contributed by atoms with E-state index in [1.807, 2.05) is 30.9 Å². The molecule has 0 saturated carbocycles. The van der Waals surface area contributed by atoms with Crippen LogP contribution in [0.5, 0.6) is 0 Å². The summed E-state index contributed by atoms with van der Waals surface area (Å²) in [4.78, 5) is 9.40. The molecule has 0 atom stereocenters. The number of halogens is 1. The molecule has 2 fully saturated rings. The van der Waals surface area contributed by atoms with Crippen LogP contribution in [0.1, 0.15) is 18.4 Å². The van der Waals surface area contributed by atoms with Crippen LogP contribution in [-0.4, -0.2) is 79.7 Å². The highest BCUT2D eigenvalue weighted by Gasteiger charge is 2.32. The van der Waals surface area contributed by atoms with Gasteiger partial charge in [-0.2, -0.15) is 11.8 Å². The van der Waals surface area contributed by atoms with E-state index in [0.717, 1.165) is 76.3 Å². The van der Waals surface area contributed by atoms with E-state index in [-0.39, 0.29) is 4.75 Å². The second kappa shape index (κ2) is 10.0. The number of guanidine groups is 1. The van der Waals surface area contributed by atoms with Gasteiger partial charge in [-0.05, 0) is 36.8 Å². The number of piperazine rings is 1. The maximum absolute atomic E-state index is 6.11. The van der Waals surface area contributed by atoms with E-state index in [4.69, 9.17) is 16.3 Å². The molecule has 2 aliphatic heterocycles. The summed E-state index contributed by atoms with van der Waals surface area (Å²) in [5.74, 6) is 1.03. The fourth-order valence-corrected chi connectivity index (χ4v) is 4.78. The molecule has 5 nitrogen and oxygen atoms in total. The first kappa shape index (κ1) is 20.8. The predicted molar refractivity (Wildman–Crippen MR) is 116 cm³/mol. The van der Waals surface area contributed by atoms with Crippen LogP contribution in [0.2, 0.25) is 5.02 Å². The number of nitrogens with zero attached hydrogens (tertiary/aromatic N) is 3. The average molecular weight is 411 g/mol. The van der Waals surface area contributed by atoms with Crippen molar-refractivity contribution in [1.29, 1.82) is 0 Å². The second-order valence-electron chi connectivity index (χ2n) is 7.29. The molecule has 1 N–H and O–H groups in total. The molecule has 0 unspecified atom stereocenters. The lowest BCUT2D eigenvalue weighted by atomic mass is 9.99. The molecule has 150 valence electrons. The zero-order valence-electron chi connectivity index (χ0n) is 16.4. The maximum Gasteiger partial charge on any atom is 0.193 e. The Balaban J connectivity index is 1.48. The average Bonchev–Trinajstić information content (AvgIpc) is 2.70. The highest BCUT2D eigenvalue weighted by Crippen LogP contribution is 2.33. The molecule has 3 rings (SSSR count). The van der Waals surface area contributed by atoms with E-state index in [0.29, 0.717) is 0 Å². The van der Waals surface area contributed by atoms with Crippen molar-refractivity contribution in [2.75, 3.05) is 59.2 Å². The molecule has 7 heteroatoms. The minimum Gasteiger partial charge on any atom is -0.381 e. The quantitative estimate of drug-likeness (QED) is 0.597. The Bertz CT molecular complexity index is 628. The summed E-state index contributed by atoms with van der Waals surface area (Å²) in [5.41, 5.74) is 1.28. The van der Waals surface area contributed by atoms with Crippen LogP contribution in [0.25, 0.3) is 0 Å². The summed E-state index contributed by atoms with van der Waals surface area (Å²) in [6, 6.07) is 8.16. The van der Waals surface area contributed by atoms with Crippen LogP contribution in [0.4, 0.5) is 0 Å². The van der Waals surface area contributed by atoms with Gasteiger partial charge in [-0.25, -0.2) is 0 Å². The number of ether oxygens (including phenoxy) is 1. The molecular formula is C20H31ClN4OS. The van der Waals surface area contributed by atoms with Crippen LogP contribution in [0.15, 0.2) is 29.3 Å². The Hall–Kier alpha value is -0.950. The van der Waals surface area contributed by atoms with Gasteiger partial charge in [0, 0.05) is 69.3 Å². The van der Waals surface area contributed by atoms with E-state index in [1.165, 1.54) is 5.56 Å². The van der Waals surface area contributed by atoms with Crippen molar-refractivity contribution < 1.29 is 4.74 Å². The Morgan fingerprint density at radius 3 is 2.63 bits per heavy atom. The van der Waals surface area contributed by atoms with Gasteiger partial charge in [0.2, 0.25) is 0 Å². The smallest absolute Gasteiger partial charge is 0.193 e. The zero-order valence-corrected chi connectivity index (χ0v) is 18.0. The normalized spacial score (nSPS) is 21.3. The van der Waals surface area contributed by atoms with E-state index in [2.05, 4.69) is 38.5 Å². The third-order valence-electron chi connectivity index (χ3n) is 5.58. The van der Waals surface area contributed by atoms with Crippen LogP contribution in [0, 0.1) is 0 Å². The van der Waals surface area contributed by atoms with Gasteiger partial charge >= 0.3 is 0 Å². The molecule has 0 bridgehead atoms. The summed E-state index contributed by atoms with van der Waals surface area (Å²) in [6.45, 7) is 7.70. The largest absolute Gasteiger partial charge is 0.381 e. The lowest BCUT2D eigenvalue weighted by Gasteiger charge is -2.39. The molecule has 2 aliphatic rings. The van der Waals surface area contributed by atoms with Crippen LogP contribution in [-0.2, 0) is 11.3 Å². The molecule has 0 radical (unpaired) electrons. The van der Waals surface area contributed by atoms with Gasteiger partial charge in [0.1, 0.15) is 0 Å². The zero-order chi connectivity index (χ0) is 19.1. The van der Waals surface area contributed by atoms with Gasteiger partial charge in [0.15, 0.2) is 5.96 Å². The number of benzene rings is 1. The molecule has 2 heterocycles. The van der Waals surface area contributed by atoms with Crippen molar-refractivity contribution in [3.63, 3.8) is 0 Å². The van der Waals surface area contributed by atoms with Crippen molar-refractivity contribution in [2.24, 2.45) is 4.99 Å². The number of thioether (sulfide) groups is 1. The monoisotopic (exact) mass is 410 g/mol. The molecule has 27 heavy (non-hydrogen) atoms. The minimum absolute atomic E-state index is 0.266. The van der Waals surface area contributed by atoms with E-state index in [9.17, 15) is 0 Å². The lowest BCUT2D eigenvalue weighted by molar-refractivity contribution is 0.0779.